The summed E-state index contributed by atoms with van der Waals surface area (Å²) < 4.78 is 0. The molecule has 1 aliphatic heterocycles. The molecule has 5 nitrogen and oxygen atoms in total. The lowest BCUT2D eigenvalue weighted by molar-refractivity contribution is -0.139. The molecule has 1 aromatic rings. The van der Waals surface area contributed by atoms with E-state index in [4.69, 9.17) is 0 Å². The Morgan fingerprint density at radius 1 is 1.19 bits per heavy atom. The van der Waals surface area contributed by atoms with Gasteiger partial charge in [0.2, 0.25) is 17.7 Å². The maximum atomic E-state index is 11.8. The first-order valence-electron chi connectivity index (χ1n) is 7.24. The summed E-state index contributed by atoms with van der Waals surface area (Å²) in [5.74, 6) is -0.261. The smallest absolute Gasteiger partial charge is 0.229 e. The van der Waals surface area contributed by atoms with Gasteiger partial charge in [-0.15, -0.1) is 0 Å². The minimum absolute atomic E-state index is 0.00449. The second-order valence-corrected chi connectivity index (χ2v) is 5.37. The quantitative estimate of drug-likeness (QED) is 0.846. The Morgan fingerprint density at radius 2 is 1.76 bits per heavy atom. The van der Waals surface area contributed by atoms with E-state index >= 15 is 0 Å². The highest BCUT2D eigenvalue weighted by Crippen LogP contribution is 2.18. The van der Waals surface area contributed by atoms with Crippen LogP contribution in [0.25, 0.3) is 0 Å². The third-order valence-corrected chi connectivity index (χ3v) is 3.78. The van der Waals surface area contributed by atoms with Crippen molar-refractivity contribution in [2.45, 2.75) is 39.7 Å². The van der Waals surface area contributed by atoms with Crippen molar-refractivity contribution in [2.24, 2.45) is 5.92 Å². The molecule has 1 saturated heterocycles. The standard InChI is InChI=1S/C16H20N2O3/c1-3-11(2)16(21)17-13-6-4-12(5-7-13)10-18-14(19)8-9-15(18)20/h4-7,11H,3,8-10H2,1-2H3,(H,17,21). The highest BCUT2D eigenvalue weighted by Gasteiger charge is 2.28. The fraction of sp³-hybridized carbons (Fsp3) is 0.438. The minimum atomic E-state index is -0.117. The van der Waals surface area contributed by atoms with Gasteiger partial charge in [0, 0.05) is 24.4 Å². The Balaban J connectivity index is 1.97. The first-order chi connectivity index (χ1) is 10.0. The van der Waals surface area contributed by atoms with Crippen LogP contribution < -0.4 is 5.32 Å². The monoisotopic (exact) mass is 288 g/mol. The molecule has 1 aliphatic rings. The molecule has 0 aromatic heterocycles. The summed E-state index contributed by atoms with van der Waals surface area (Å²) in [6.07, 6.45) is 1.41. The molecule has 5 heteroatoms. The van der Waals surface area contributed by atoms with Crippen LogP contribution in [-0.4, -0.2) is 22.6 Å². The lowest BCUT2D eigenvalue weighted by Crippen LogP contribution is -2.28. The molecule has 1 N–H and O–H groups in total. The lowest BCUT2D eigenvalue weighted by atomic mass is 10.1. The van der Waals surface area contributed by atoms with Crippen LogP contribution >= 0.6 is 0 Å². The zero-order valence-electron chi connectivity index (χ0n) is 12.4. The molecule has 21 heavy (non-hydrogen) atoms. The zero-order chi connectivity index (χ0) is 15.4. The minimum Gasteiger partial charge on any atom is -0.326 e. The summed E-state index contributed by atoms with van der Waals surface area (Å²) in [6.45, 7) is 4.16. The van der Waals surface area contributed by atoms with Crippen LogP contribution in [0.2, 0.25) is 0 Å². The number of benzene rings is 1. The summed E-state index contributed by atoms with van der Waals surface area (Å²) in [7, 11) is 0. The van der Waals surface area contributed by atoms with E-state index in [1.54, 1.807) is 12.1 Å². The molecule has 1 atom stereocenters. The number of hydrogen-bond acceptors (Lipinski definition) is 3. The SMILES string of the molecule is CCC(C)C(=O)Nc1ccc(CN2C(=O)CCC2=O)cc1. The highest BCUT2D eigenvalue weighted by atomic mass is 16.2. The molecule has 0 radical (unpaired) electrons. The first-order valence-corrected chi connectivity index (χ1v) is 7.24. The van der Waals surface area contributed by atoms with Gasteiger partial charge in [-0.1, -0.05) is 26.0 Å². The van der Waals surface area contributed by atoms with Crippen LogP contribution in [0.4, 0.5) is 5.69 Å². The van der Waals surface area contributed by atoms with Crippen LogP contribution in [0.1, 0.15) is 38.7 Å². The Morgan fingerprint density at radius 3 is 2.29 bits per heavy atom. The van der Waals surface area contributed by atoms with E-state index in [0.717, 1.165) is 17.7 Å². The van der Waals surface area contributed by atoms with Crippen molar-refractivity contribution >= 4 is 23.4 Å². The van der Waals surface area contributed by atoms with Crippen LogP contribution in [0.5, 0.6) is 0 Å². The number of nitrogens with one attached hydrogen (secondary N) is 1. The zero-order valence-corrected chi connectivity index (χ0v) is 12.4. The average Bonchev–Trinajstić information content (AvgIpc) is 2.80. The molecule has 0 saturated carbocycles. The maximum absolute atomic E-state index is 11.8. The van der Waals surface area contributed by atoms with E-state index in [9.17, 15) is 14.4 Å². The van der Waals surface area contributed by atoms with Gasteiger partial charge in [-0.2, -0.15) is 0 Å². The van der Waals surface area contributed by atoms with Crippen LogP contribution in [0.3, 0.4) is 0 Å². The van der Waals surface area contributed by atoms with Gasteiger partial charge in [0.1, 0.15) is 0 Å². The number of amides is 3. The van der Waals surface area contributed by atoms with Gasteiger partial charge >= 0.3 is 0 Å². The fourth-order valence-electron chi connectivity index (χ4n) is 2.13. The van der Waals surface area contributed by atoms with Crippen molar-refractivity contribution in [1.29, 1.82) is 0 Å². The molecular formula is C16H20N2O3. The Bertz CT molecular complexity index is 535. The molecule has 0 spiro atoms. The van der Waals surface area contributed by atoms with Crippen molar-refractivity contribution < 1.29 is 14.4 Å². The van der Waals surface area contributed by atoms with Crippen molar-refractivity contribution in [3.63, 3.8) is 0 Å². The summed E-state index contributed by atoms with van der Waals surface area (Å²) in [5.41, 5.74) is 1.60. The summed E-state index contributed by atoms with van der Waals surface area (Å²) >= 11 is 0. The molecule has 112 valence electrons. The van der Waals surface area contributed by atoms with Gasteiger partial charge in [-0.25, -0.2) is 0 Å². The van der Waals surface area contributed by atoms with Crippen LogP contribution in [0.15, 0.2) is 24.3 Å². The second kappa shape index (κ2) is 6.52. The van der Waals surface area contributed by atoms with E-state index in [2.05, 4.69) is 5.32 Å². The van der Waals surface area contributed by atoms with Crippen molar-refractivity contribution in [3.8, 4) is 0 Å². The number of nitrogens with zero attached hydrogens (tertiary/aromatic N) is 1. The van der Waals surface area contributed by atoms with Gasteiger partial charge in [-0.3, -0.25) is 19.3 Å². The second-order valence-electron chi connectivity index (χ2n) is 5.37. The number of anilines is 1. The summed E-state index contributed by atoms with van der Waals surface area (Å²) in [4.78, 5) is 36.2. The van der Waals surface area contributed by atoms with E-state index in [1.807, 2.05) is 26.0 Å². The van der Waals surface area contributed by atoms with Gasteiger partial charge in [0.05, 0.1) is 6.54 Å². The molecule has 0 bridgehead atoms. The van der Waals surface area contributed by atoms with E-state index in [0.29, 0.717) is 19.4 Å². The normalized spacial score (nSPS) is 16.2. The molecule has 3 amide bonds. The first kappa shape index (κ1) is 15.2. The van der Waals surface area contributed by atoms with Crippen molar-refractivity contribution in [2.75, 3.05) is 5.32 Å². The van der Waals surface area contributed by atoms with Crippen molar-refractivity contribution in [1.82, 2.24) is 4.90 Å². The fourth-order valence-corrected chi connectivity index (χ4v) is 2.13. The number of likely N-dealkylation sites (tertiary alicyclic amines) is 1. The number of hydrogen-bond donors (Lipinski definition) is 1. The third-order valence-electron chi connectivity index (χ3n) is 3.78. The molecular weight excluding hydrogens is 268 g/mol. The predicted octanol–water partition coefficient (Wildman–Crippen LogP) is 2.32. The van der Waals surface area contributed by atoms with Crippen LogP contribution in [-0.2, 0) is 20.9 Å². The van der Waals surface area contributed by atoms with E-state index in [1.165, 1.54) is 4.90 Å². The van der Waals surface area contributed by atoms with Gasteiger partial charge in [0.25, 0.3) is 0 Å². The highest BCUT2D eigenvalue weighted by molar-refractivity contribution is 6.01. The van der Waals surface area contributed by atoms with Gasteiger partial charge in [0.15, 0.2) is 0 Å². The number of rotatable bonds is 5. The van der Waals surface area contributed by atoms with E-state index in [-0.39, 0.29) is 23.6 Å². The Labute approximate surface area is 124 Å². The molecule has 1 unspecified atom stereocenters. The summed E-state index contributed by atoms with van der Waals surface area (Å²) in [5, 5.41) is 2.84. The molecule has 1 heterocycles. The Kier molecular flexibility index (Phi) is 4.73. The summed E-state index contributed by atoms with van der Waals surface area (Å²) in [6, 6.07) is 7.23. The molecule has 2 rings (SSSR count). The molecule has 0 aliphatic carbocycles. The topological polar surface area (TPSA) is 66.5 Å². The largest absolute Gasteiger partial charge is 0.326 e. The number of carbonyl (C=O) groups excluding carboxylic acids is 3. The lowest BCUT2D eigenvalue weighted by Gasteiger charge is -2.14. The van der Waals surface area contributed by atoms with Gasteiger partial charge < -0.3 is 5.32 Å². The molecule has 1 fully saturated rings. The average molecular weight is 288 g/mol. The number of carbonyl (C=O) groups is 3. The van der Waals surface area contributed by atoms with E-state index < -0.39 is 0 Å². The Hall–Kier alpha value is -2.17. The van der Waals surface area contributed by atoms with Crippen LogP contribution in [0, 0.1) is 5.92 Å². The van der Waals surface area contributed by atoms with Crippen molar-refractivity contribution in [3.05, 3.63) is 29.8 Å². The third kappa shape index (κ3) is 3.68. The van der Waals surface area contributed by atoms with Gasteiger partial charge in [-0.05, 0) is 24.1 Å². The number of imide groups is 1. The maximum Gasteiger partial charge on any atom is 0.229 e. The molecule has 1 aromatic carbocycles. The predicted molar refractivity (Wildman–Crippen MR) is 79.3 cm³/mol.